The van der Waals surface area contributed by atoms with E-state index in [1.54, 1.807) is 11.3 Å². The molecule has 0 N–H and O–H groups in total. The summed E-state index contributed by atoms with van der Waals surface area (Å²) >= 11 is 1.70. The molecule has 1 amide bonds. The number of hydrogen-bond acceptors (Lipinski definition) is 5. The molecular weight excluding hydrogens is 370 g/mol. The molecule has 4 rings (SSSR count). The fraction of sp³-hybridized carbons (Fsp3) is 0.636. The van der Waals surface area contributed by atoms with Crippen molar-refractivity contribution in [2.24, 2.45) is 17.8 Å². The van der Waals surface area contributed by atoms with Crippen LogP contribution in [0.25, 0.3) is 10.2 Å². The van der Waals surface area contributed by atoms with Crippen LogP contribution in [0.2, 0.25) is 0 Å². The van der Waals surface area contributed by atoms with Gasteiger partial charge in [-0.05, 0) is 56.2 Å². The predicted octanol–water partition coefficient (Wildman–Crippen LogP) is 4.42. The Morgan fingerprint density at radius 3 is 2.79 bits per heavy atom. The maximum absolute atomic E-state index is 13.2. The number of anilines is 1. The lowest BCUT2D eigenvalue weighted by Gasteiger charge is -2.39. The maximum Gasteiger partial charge on any atom is 0.227 e. The van der Waals surface area contributed by atoms with Crippen molar-refractivity contribution in [3.8, 4) is 5.75 Å². The topological polar surface area (TPSA) is 45.7 Å². The average molecular weight is 402 g/mol. The normalized spacial score (nSPS) is 25.9. The highest BCUT2D eigenvalue weighted by atomic mass is 32.1. The number of amides is 1. The minimum Gasteiger partial charge on any atom is -0.494 e. The van der Waals surface area contributed by atoms with E-state index in [1.807, 2.05) is 19.1 Å². The maximum atomic E-state index is 13.2. The Labute approximate surface area is 171 Å². The zero-order valence-corrected chi connectivity index (χ0v) is 18.0. The molecule has 2 aliphatic heterocycles. The highest BCUT2D eigenvalue weighted by Crippen LogP contribution is 2.34. The molecule has 5 nitrogen and oxygen atoms in total. The van der Waals surface area contributed by atoms with Crippen molar-refractivity contribution in [2.45, 2.75) is 40.0 Å². The van der Waals surface area contributed by atoms with Crippen molar-refractivity contribution in [3.63, 3.8) is 0 Å². The highest BCUT2D eigenvalue weighted by molar-refractivity contribution is 7.22. The first-order valence-corrected chi connectivity index (χ1v) is 11.4. The lowest BCUT2D eigenvalue weighted by Crippen LogP contribution is -2.49. The van der Waals surface area contributed by atoms with Gasteiger partial charge in [0.05, 0.1) is 22.7 Å². The van der Waals surface area contributed by atoms with Gasteiger partial charge in [-0.25, -0.2) is 4.98 Å². The molecule has 3 atom stereocenters. The second-order valence-corrected chi connectivity index (χ2v) is 9.54. The van der Waals surface area contributed by atoms with E-state index in [-0.39, 0.29) is 5.92 Å². The molecular formula is C22H31N3O2S. The molecule has 0 radical (unpaired) electrons. The standard InChI is InChI=1S/C22H31N3O2S/c1-4-27-18-7-8-19-20(11-18)28-22(23-19)24-9-5-6-17(14-24)21(26)25-12-15(2)10-16(3)13-25/h7-8,11,15-17H,4-6,9-10,12-14H2,1-3H3. The molecule has 2 fully saturated rings. The van der Waals surface area contributed by atoms with Crippen molar-refractivity contribution in [1.29, 1.82) is 0 Å². The largest absolute Gasteiger partial charge is 0.494 e. The minimum absolute atomic E-state index is 0.0947. The second-order valence-electron chi connectivity index (χ2n) is 8.53. The van der Waals surface area contributed by atoms with Crippen LogP contribution < -0.4 is 9.64 Å². The van der Waals surface area contributed by atoms with E-state index in [0.29, 0.717) is 24.3 Å². The number of fused-ring (bicyclic) bond motifs is 1. The van der Waals surface area contributed by atoms with E-state index in [4.69, 9.17) is 9.72 Å². The number of carbonyl (C=O) groups is 1. The molecule has 28 heavy (non-hydrogen) atoms. The quantitative estimate of drug-likeness (QED) is 0.761. The molecule has 0 bridgehead atoms. The molecule has 3 heterocycles. The molecule has 0 spiro atoms. The Kier molecular flexibility index (Phi) is 5.76. The summed E-state index contributed by atoms with van der Waals surface area (Å²) in [5.74, 6) is 2.55. The average Bonchev–Trinajstić information content (AvgIpc) is 3.10. The first-order chi connectivity index (χ1) is 13.5. The Hall–Kier alpha value is -1.82. The molecule has 0 saturated carbocycles. The van der Waals surface area contributed by atoms with Crippen molar-refractivity contribution >= 4 is 32.6 Å². The van der Waals surface area contributed by atoms with Crippen LogP contribution in [-0.2, 0) is 4.79 Å². The SMILES string of the molecule is CCOc1ccc2nc(N3CCCC(C(=O)N4CC(C)CC(C)C4)C3)sc2c1. The Bertz CT molecular complexity index is 826. The summed E-state index contributed by atoms with van der Waals surface area (Å²) in [5, 5.41) is 1.03. The van der Waals surface area contributed by atoms with Gasteiger partial charge in [0.25, 0.3) is 0 Å². The van der Waals surface area contributed by atoms with Crippen molar-refractivity contribution < 1.29 is 9.53 Å². The third-order valence-electron chi connectivity index (χ3n) is 5.88. The fourth-order valence-electron chi connectivity index (χ4n) is 4.74. The van der Waals surface area contributed by atoms with Gasteiger partial charge < -0.3 is 14.5 Å². The van der Waals surface area contributed by atoms with E-state index in [9.17, 15) is 4.79 Å². The monoisotopic (exact) mass is 401 g/mol. The zero-order chi connectivity index (χ0) is 19.7. The third kappa shape index (κ3) is 4.12. The summed E-state index contributed by atoms with van der Waals surface area (Å²) in [6.07, 6.45) is 3.28. The predicted molar refractivity (Wildman–Crippen MR) is 115 cm³/mol. The van der Waals surface area contributed by atoms with E-state index >= 15 is 0 Å². The zero-order valence-electron chi connectivity index (χ0n) is 17.2. The molecule has 0 aliphatic carbocycles. The summed E-state index contributed by atoms with van der Waals surface area (Å²) in [7, 11) is 0. The van der Waals surface area contributed by atoms with Gasteiger partial charge in [-0.15, -0.1) is 0 Å². The van der Waals surface area contributed by atoms with Crippen molar-refractivity contribution in [1.82, 2.24) is 9.88 Å². The van der Waals surface area contributed by atoms with Crippen LogP contribution in [0.15, 0.2) is 18.2 Å². The number of aromatic nitrogens is 1. The Morgan fingerprint density at radius 2 is 2.04 bits per heavy atom. The van der Waals surface area contributed by atoms with Crippen molar-refractivity contribution in [3.05, 3.63) is 18.2 Å². The molecule has 2 aromatic rings. The number of likely N-dealkylation sites (tertiary alicyclic amines) is 1. The van der Waals surface area contributed by atoms with Gasteiger partial charge in [0.2, 0.25) is 5.91 Å². The number of rotatable bonds is 4. The van der Waals surface area contributed by atoms with Crippen LogP contribution in [0.5, 0.6) is 5.75 Å². The fourth-order valence-corrected chi connectivity index (χ4v) is 5.77. The van der Waals surface area contributed by atoms with E-state index in [0.717, 1.165) is 60.1 Å². The molecule has 1 aromatic heterocycles. The summed E-state index contributed by atoms with van der Waals surface area (Å²) in [5.41, 5.74) is 1.01. The van der Waals surface area contributed by atoms with Crippen LogP contribution in [0, 0.1) is 17.8 Å². The molecule has 152 valence electrons. The van der Waals surface area contributed by atoms with Gasteiger partial charge in [0, 0.05) is 26.2 Å². The summed E-state index contributed by atoms with van der Waals surface area (Å²) in [6.45, 7) is 10.8. The number of ether oxygens (including phenoxy) is 1. The van der Waals surface area contributed by atoms with Gasteiger partial charge in [-0.3, -0.25) is 4.79 Å². The summed E-state index contributed by atoms with van der Waals surface area (Å²) in [4.78, 5) is 22.4. The van der Waals surface area contributed by atoms with Crippen LogP contribution >= 0.6 is 11.3 Å². The number of piperidine rings is 2. The number of nitrogens with zero attached hydrogens (tertiary/aromatic N) is 3. The lowest BCUT2D eigenvalue weighted by molar-refractivity contribution is -0.138. The van der Waals surface area contributed by atoms with E-state index in [2.05, 4.69) is 29.7 Å². The van der Waals surface area contributed by atoms with Gasteiger partial charge in [-0.1, -0.05) is 25.2 Å². The number of thiazole rings is 1. The molecule has 6 heteroatoms. The van der Waals surface area contributed by atoms with Gasteiger partial charge in [-0.2, -0.15) is 0 Å². The van der Waals surface area contributed by atoms with Gasteiger partial charge in [0.1, 0.15) is 5.75 Å². The van der Waals surface area contributed by atoms with Crippen LogP contribution in [0.1, 0.15) is 40.0 Å². The molecule has 1 aromatic carbocycles. The minimum atomic E-state index is 0.0947. The van der Waals surface area contributed by atoms with Crippen LogP contribution in [0.4, 0.5) is 5.13 Å². The smallest absolute Gasteiger partial charge is 0.227 e. The first kappa shape index (κ1) is 19.5. The summed E-state index contributed by atoms with van der Waals surface area (Å²) < 4.78 is 6.76. The van der Waals surface area contributed by atoms with E-state index in [1.165, 1.54) is 6.42 Å². The van der Waals surface area contributed by atoms with Gasteiger partial charge >= 0.3 is 0 Å². The Balaban J connectivity index is 1.47. The van der Waals surface area contributed by atoms with Crippen LogP contribution in [0.3, 0.4) is 0 Å². The van der Waals surface area contributed by atoms with Crippen LogP contribution in [-0.4, -0.2) is 48.6 Å². The first-order valence-electron chi connectivity index (χ1n) is 10.6. The molecule has 2 aliphatic rings. The van der Waals surface area contributed by atoms with Crippen molar-refractivity contribution in [2.75, 3.05) is 37.7 Å². The second kappa shape index (κ2) is 8.27. The number of hydrogen-bond donors (Lipinski definition) is 0. The Morgan fingerprint density at radius 1 is 1.25 bits per heavy atom. The lowest BCUT2D eigenvalue weighted by atomic mass is 9.89. The highest BCUT2D eigenvalue weighted by Gasteiger charge is 2.33. The molecule has 2 saturated heterocycles. The summed E-state index contributed by atoms with van der Waals surface area (Å²) in [6, 6.07) is 6.09. The molecule has 3 unspecified atom stereocenters. The van der Waals surface area contributed by atoms with Gasteiger partial charge in [0.15, 0.2) is 5.13 Å². The number of carbonyl (C=O) groups excluding carboxylic acids is 1. The third-order valence-corrected chi connectivity index (χ3v) is 6.96. The number of benzene rings is 1. The van der Waals surface area contributed by atoms with E-state index < -0.39 is 0 Å².